The van der Waals surface area contributed by atoms with Crippen LogP contribution < -0.4 is 5.11 Å². The molecule has 61 heavy (non-hydrogen) atoms. The van der Waals surface area contributed by atoms with Gasteiger partial charge < -0.3 is 28.6 Å². The Morgan fingerprint density at radius 1 is 0.492 bits per heavy atom. The molecule has 0 spiro atoms. The van der Waals surface area contributed by atoms with E-state index in [1.165, 1.54) is 70.6 Å². The van der Waals surface area contributed by atoms with Gasteiger partial charge in [0.15, 0.2) is 6.10 Å². The van der Waals surface area contributed by atoms with Gasteiger partial charge in [-0.15, -0.1) is 0 Å². The molecule has 0 aromatic rings. The van der Waals surface area contributed by atoms with Gasteiger partial charge in [0.05, 0.1) is 40.3 Å². The molecular weight excluding hydrogens is 763 g/mol. The van der Waals surface area contributed by atoms with Crippen molar-refractivity contribution in [3.63, 3.8) is 0 Å². The number of quaternary nitrogens is 1. The van der Waals surface area contributed by atoms with Crippen LogP contribution in [0.5, 0.6) is 0 Å². The lowest BCUT2D eigenvalue weighted by Crippen LogP contribution is -2.55. The summed E-state index contributed by atoms with van der Waals surface area (Å²) >= 11 is 0. The lowest BCUT2D eigenvalue weighted by Gasteiger charge is -2.34. The van der Waals surface area contributed by atoms with Crippen LogP contribution in [0.25, 0.3) is 0 Å². The Morgan fingerprint density at radius 2 is 0.869 bits per heavy atom. The molecule has 0 fully saturated rings. The Balaban J connectivity index is 4.27. The number of unbranched alkanes of at least 4 members (excludes halogenated alkanes) is 17. The summed E-state index contributed by atoms with van der Waals surface area (Å²) in [6, 6.07) is -0.732. The zero-order valence-corrected chi connectivity index (χ0v) is 39.8. The number of hydrogen-bond acceptors (Lipinski definition) is 7. The number of nitrogens with zero attached hydrogens (tertiary/aromatic N) is 1. The van der Waals surface area contributed by atoms with Gasteiger partial charge in [0.1, 0.15) is 12.6 Å². The molecule has 0 aliphatic carbocycles. The molecule has 350 valence electrons. The highest BCUT2D eigenvalue weighted by atomic mass is 16.6. The number of carboxylic acid groups (broad SMARTS) is 1. The van der Waals surface area contributed by atoms with Gasteiger partial charge in [-0.3, -0.25) is 9.59 Å². The van der Waals surface area contributed by atoms with Gasteiger partial charge in [0.25, 0.3) is 0 Å². The van der Waals surface area contributed by atoms with Gasteiger partial charge in [-0.05, 0) is 77.0 Å². The Hall–Kier alpha value is -3.23. The van der Waals surface area contributed by atoms with E-state index in [4.69, 9.17) is 14.2 Å². The van der Waals surface area contributed by atoms with Crippen molar-refractivity contribution in [2.24, 2.45) is 0 Å². The normalized spacial score (nSPS) is 13.5. The van der Waals surface area contributed by atoms with E-state index in [1.54, 1.807) is 21.1 Å². The molecule has 0 rings (SSSR count). The molecule has 0 saturated heterocycles. The van der Waals surface area contributed by atoms with Gasteiger partial charge >= 0.3 is 11.9 Å². The average molecular weight is 854 g/mol. The van der Waals surface area contributed by atoms with Crippen LogP contribution in [0.15, 0.2) is 72.9 Å². The molecule has 8 heteroatoms. The summed E-state index contributed by atoms with van der Waals surface area (Å²) in [6.45, 7) is 4.43. The van der Waals surface area contributed by atoms with Crippen molar-refractivity contribution < 1.29 is 38.2 Å². The Bertz CT molecular complexity index is 1230. The number of allylic oxidation sites excluding steroid dienone is 12. The lowest BCUT2D eigenvalue weighted by atomic mass is 10.0. The van der Waals surface area contributed by atoms with Gasteiger partial charge in [-0.25, -0.2) is 0 Å². The van der Waals surface area contributed by atoms with Crippen molar-refractivity contribution in [1.29, 1.82) is 0 Å². The first-order valence-corrected chi connectivity index (χ1v) is 24.5. The fourth-order valence-corrected chi connectivity index (χ4v) is 6.86. The van der Waals surface area contributed by atoms with E-state index in [2.05, 4.69) is 86.8 Å². The first-order valence-electron chi connectivity index (χ1n) is 24.5. The van der Waals surface area contributed by atoms with Crippen LogP contribution in [-0.2, 0) is 28.6 Å². The third-order valence-electron chi connectivity index (χ3n) is 10.6. The van der Waals surface area contributed by atoms with E-state index in [9.17, 15) is 19.5 Å². The monoisotopic (exact) mass is 854 g/mol. The second-order valence-electron chi connectivity index (χ2n) is 17.3. The van der Waals surface area contributed by atoms with Gasteiger partial charge in [-0.2, -0.15) is 0 Å². The minimum Gasteiger partial charge on any atom is -0.544 e. The van der Waals surface area contributed by atoms with Crippen molar-refractivity contribution in [3.05, 3.63) is 72.9 Å². The molecule has 2 unspecified atom stereocenters. The summed E-state index contributed by atoms with van der Waals surface area (Å²) in [5, 5.41) is 11.6. The first-order chi connectivity index (χ1) is 29.6. The van der Waals surface area contributed by atoms with Crippen molar-refractivity contribution >= 4 is 17.9 Å². The molecule has 0 saturated carbocycles. The zero-order chi connectivity index (χ0) is 44.9. The topological polar surface area (TPSA) is 102 Å². The predicted octanol–water partition coefficient (Wildman–Crippen LogP) is 12.6. The van der Waals surface area contributed by atoms with Crippen molar-refractivity contribution in [3.8, 4) is 0 Å². The molecule has 0 aliphatic rings. The van der Waals surface area contributed by atoms with E-state index in [0.717, 1.165) is 89.9 Å². The van der Waals surface area contributed by atoms with E-state index in [-0.39, 0.29) is 42.7 Å². The summed E-state index contributed by atoms with van der Waals surface area (Å²) in [6.07, 6.45) is 55.0. The number of hydrogen-bond donors (Lipinski definition) is 0. The molecule has 0 bridgehead atoms. The number of aliphatic carboxylic acids is 1. The number of esters is 2. The quantitative estimate of drug-likeness (QED) is 0.0260. The number of rotatable bonds is 43. The Morgan fingerprint density at radius 3 is 1.28 bits per heavy atom. The summed E-state index contributed by atoms with van der Waals surface area (Å²) in [5.74, 6) is -1.76. The van der Waals surface area contributed by atoms with Crippen LogP contribution in [0.4, 0.5) is 0 Å². The van der Waals surface area contributed by atoms with Crippen molar-refractivity contribution in [2.45, 2.75) is 206 Å². The molecule has 0 aliphatic heterocycles. The van der Waals surface area contributed by atoms with Crippen LogP contribution in [0.1, 0.15) is 194 Å². The largest absolute Gasteiger partial charge is 0.544 e. The van der Waals surface area contributed by atoms with Crippen LogP contribution in [0.3, 0.4) is 0 Å². The van der Waals surface area contributed by atoms with Crippen molar-refractivity contribution in [1.82, 2.24) is 0 Å². The highest BCUT2D eigenvalue weighted by Crippen LogP contribution is 2.15. The van der Waals surface area contributed by atoms with Crippen LogP contribution in [0, 0.1) is 0 Å². The van der Waals surface area contributed by atoms with Crippen LogP contribution in [-0.4, -0.2) is 75.5 Å². The average Bonchev–Trinajstić information content (AvgIpc) is 3.22. The van der Waals surface area contributed by atoms with Crippen molar-refractivity contribution in [2.75, 3.05) is 41.0 Å². The van der Waals surface area contributed by atoms with E-state index >= 15 is 0 Å². The highest BCUT2D eigenvalue weighted by Gasteiger charge is 2.25. The zero-order valence-electron chi connectivity index (χ0n) is 39.8. The second-order valence-corrected chi connectivity index (χ2v) is 17.3. The van der Waals surface area contributed by atoms with Crippen LogP contribution in [0.2, 0.25) is 0 Å². The number of ether oxygens (including phenoxy) is 3. The lowest BCUT2D eigenvalue weighted by molar-refractivity contribution is -0.889. The molecule has 0 amide bonds. The smallest absolute Gasteiger partial charge is 0.306 e. The maximum absolute atomic E-state index is 12.8. The molecule has 0 radical (unpaired) electrons. The molecular formula is C53H91NO7. The summed E-state index contributed by atoms with van der Waals surface area (Å²) in [5.41, 5.74) is 0. The number of carboxylic acids is 1. The summed E-state index contributed by atoms with van der Waals surface area (Å²) in [7, 11) is 5.40. The molecule has 2 atom stereocenters. The molecule has 0 N–H and O–H groups in total. The molecule has 0 aromatic carbocycles. The predicted molar refractivity (Wildman–Crippen MR) is 254 cm³/mol. The van der Waals surface area contributed by atoms with Gasteiger partial charge in [0.2, 0.25) is 0 Å². The van der Waals surface area contributed by atoms with Gasteiger partial charge in [-0.1, -0.05) is 170 Å². The Kier molecular flexibility index (Phi) is 41.1. The maximum atomic E-state index is 12.8. The summed E-state index contributed by atoms with van der Waals surface area (Å²) < 4.78 is 17.2. The molecule has 8 nitrogen and oxygen atoms in total. The third-order valence-corrected chi connectivity index (χ3v) is 10.6. The minimum atomic E-state index is -1.13. The Labute approximate surface area is 374 Å². The highest BCUT2D eigenvalue weighted by molar-refractivity contribution is 5.70. The summed E-state index contributed by atoms with van der Waals surface area (Å²) in [4.78, 5) is 37.0. The SMILES string of the molecule is CC/C=C/C/C=C/C/C=C/CCCCCCCCCCCCCC(=O)OCC(COCCC(C(=O)[O-])[N+](C)(C)C)OC(=O)CCCCCCCC/C=C/C/C=C/C/C=C/CC. The number of carbonyl (C=O) groups is 3. The molecule has 0 aromatic heterocycles. The minimum absolute atomic E-state index is 0.0319. The number of likely N-dealkylation sites (N-methyl/N-ethyl adjacent to an activating group) is 1. The second kappa shape index (κ2) is 43.4. The van der Waals surface area contributed by atoms with E-state index in [1.807, 2.05) is 0 Å². The van der Waals surface area contributed by atoms with Gasteiger partial charge in [0, 0.05) is 19.3 Å². The van der Waals surface area contributed by atoms with E-state index in [0.29, 0.717) is 12.8 Å². The van der Waals surface area contributed by atoms with E-state index < -0.39 is 18.1 Å². The maximum Gasteiger partial charge on any atom is 0.306 e. The fraction of sp³-hybridized carbons (Fsp3) is 0.717. The third kappa shape index (κ3) is 41.9. The first kappa shape index (κ1) is 57.8. The molecule has 0 heterocycles. The standard InChI is InChI=1S/C53H91NO7/c1-6-8-10-12-14-16-18-20-22-24-25-26-27-28-30-31-33-35-37-39-41-43-51(55)60-48-49(47-59-46-45-50(53(57)58)54(3,4)5)61-52(56)44-42-40-38-36-34-32-29-23-21-19-17-15-13-11-9-7-2/h8-11,14-17,20-23,49-50H,6-7,12-13,18-19,24-48H2,1-5H3/b10-8+,11-9+,16-14+,17-15+,22-20+,23-21+. The van der Waals surface area contributed by atoms with Crippen LogP contribution >= 0.6 is 0 Å². The number of carbonyl (C=O) groups excluding carboxylic acids is 3. The fourth-order valence-electron chi connectivity index (χ4n) is 6.86.